The third kappa shape index (κ3) is 2.16. The Balaban J connectivity index is 2.35. The number of hydrogen-bond acceptors (Lipinski definition) is 4. The third-order valence-corrected chi connectivity index (χ3v) is 3.14. The Kier molecular flexibility index (Phi) is 2.99. The van der Waals surface area contributed by atoms with E-state index in [4.69, 9.17) is 10.5 Å². The number of hydrogen-bond donors (Lipinski definition) is 1. The molecule has 0 bridgehead atoms. The summed E-state index contributed by atoms with van der Waals surface area (Å²) in [7, 11) is 1.66. The summed E-state index contributed by atoms with van der Waals surface area (Å²) in [6.07, 6.45) is 1.82. The highest BCUT2D eigenvalue weighted by Gasteiger charge is 2.04. The summed E-state index contributed by atoms with van der Waals surface area (Å²) in [6.45, 7) is 0.543. The molecule has 0 radical (unpaired) electrons. The lowest BCUT2D eigenvalue weighted by Crippen LogP contribution is -1.91. The molecule has 0 aliphatic rings. The molecule has 1 aromatic heterocycles. The van der Waals surface area contributed by atoms with Gasteiger partial charge in [0.05, 0.1) is 7.11 Å². The normalized spacial score (nSPS) is 10.3. The van der Waals surface area contributed by atoms with Crippen molar-refractivity contribution in [2.45, 2.75) is 6.54 Å². The molecular formula is C11H12N2OS. The molecule has 0 unspecified atom stereocenters. The van der Waals surface area contributed by atoms with E-state index in [9.17, 15) is 0 Å². The highest BCUT2D eigenvalue weighted by molar-refractivity contribution is 7.15. The number of thiazole rings is 1. The van der Waals surface area contributed by atoms with Crippen molar-refractivity contribution in [3.63, 3.8) is 0 Å². The fourth-order valence-corrected chi connectivity index (χ4v) is 2.08. The molecule has 1 aromatic carbocycles. The molecule has 0 spiro atoms. The summed E-state index contributed by atoms with van der Waals surface area (Å²) >= 11 is 1.61. The fourth-order valence-electron chi connectivity index (χ4n) is 1.29. The second kappa shape index (κ2) is 4.42. The van der Waals surface area contributed by atoms with Gasteiger partial charge in [-0.15, -0.1) is 11.3 Å². The van der Waals surface area contributed by atoms with Crippen LogP contribution >= 0.6 is 11.3 Å². The van der Waals surface area contributed by atoms with Crippen molar-refractivity contribution in [2.75, 3.05) is 7.11 Å². The van der Waals surface area contributed by atoms with Crippen molar-refractivity contribution in [3.8, 4) is 16.3 Å². The Hall–Kier alpha value is -1.39. The van der Waals surface area contributed by atoms with Crippen molar-refractivity contribution >= 4 is 11.3 Å². The zero-order chi connectivity index (χ0) is 10.7. The zero-order valence-electron chi connectivity index (χ0n) is 8.43. The molecule has 0 aliphatic heterocycles. The number of ether oxygens (including phenoxy) is 1. The lowest BCUT2D eigenvalue weighted by Gasteiger charge is -2.00. The van der Waals surface area contributed by atoms with E-state index in [1.54, 1.807) is 18.4 Å². The SMILES string of the molecule is COc1cccc(-c2ncc(CN)s2)c1. The quantitative estimate of drug-likeness (QED) is 0.863. The summed E-state index contributed by atoms with van der Waals surface area (Å²) < 4.78 is 5.16. The first-order chi connectivity index (χ1) is 7.33. The first kappa shape index (κ1) is 10.1. The van der Waals surface area contributed by atoms with Gasteiger partial charge in [-0.3, -0.25) is 0 Å². The largest absolute Gasteiger partial charge is 0.497 e. The monoisotopic (exact) mass is 220 g/mol. The van der Waals surface area contributed by atoms with Gasteiger partial charge in [-0.25, -0.2) is 4.98 Å². The maximum atomic E-state index is 5.54. The van der Waals surface area contributed by atoms with Crippen LogP contribution in [-0.2, 0) is 6.54 Å². The number of rotatable bonds is 3. The van der Waals surface area contributed by atoms with Gasteiger partial charge in [0, 0.05) is 23.2 Å². The van der Waals surface area contributed by atoms with Gasteiger partial charge >= 0.3 is 0 Å². The van der Waals surface area contributed by atoms with E-state index in [0.29, 0.717) is 6.54 Å². The van der Waals surface area contributed by atoms with E-state index in [0.717, 1.165) is 21.2 Å². The Bertz CT molecular complexity index is 453. The lowest BCUT2D eigenvalue weighted by atomic mass is 10.2. The molecule has 4 heteroatoms. The van der Waals surface area contributed by atoms with E-state index in [1.807, 2.05) is 30.5 Å². The van der Waals surface area contributed by atoms with E-state index in [-0.39, 0.29) is 0 Å². The van der Waals surface area contributed by atoms with Gasteiger partial charge in [-0.05, 0) is 12.1 Å². The zero-order valence-corrected chi connectivity index (χ0v) is 9.25. The third-order valence-electron chi connectivity index (χ3n) is 2.07. The van der Waals surface area contributed by atoms with Crippen LogP contribution < -0.4 is 10.5 Å². The Labute approximate surface area is 92.5 Å². The molecule has 0 atom stereocenters. The van der Waals surface area contributed by atoms with Gasteiger partial charge in [-0.2, -0.15) is 0 Å². The minimum atomic E-state index is 0.543. The molecule has 1 heterocycles. The van der Waals surface area contributed by atoms with Crippen LogP contribution in [0.3, 0.4) is 0 Å². The molecular weight excluding hydrogens is 208 g/mol. The lowest BCUT2D eigenvalue weighted by molar-refractivity contribution is 0.415. The summed E-state index contributed by atoms with van der Waals surface area (Å²) in [5.41, 5.74) is 6.61. The predicted molar refractivity (Wildman–Crippen MR) is 62.0 cm³/mol. The van der Waals surface area contributed by atoms with Crippen molar-refractivity contribution in [1.82, 2.24) is 4.98 Å². The van der Waals surface area contributed by atoms with Crippen molar-refractivity contribution in [1.29, 1.82) is 0 Å². The summed E-state index contributed by atoms with van der Waals surface area (Å²) in [6, 6.07) is 7.86. The van der Waals surface area contributed by atoms with Crippen molar-refractivity contribution in [2.24, 2.45) is 5.73 Å². The average Bonchev–Trinajstić information content (AvgIpc) is 2.78. The van der Waals surface area contributed by atoms with E-state index in [2.05, 4.69) is 4.98 Å². The molecule has 15 heavy (non-hydrogen) atoms. The molecule has 0 aliphatic carbocycles. The summed E-state index contributed by atoms with van der Waals surface area (Å²) in [4.78, 5) is 5.41. The standard InChI is InChI=1S/C11H12N2OS/c1-14-9-4-2-3-8(5-9)11-13-7-10(6-12)15-11/h2-5,7H,6,12H2,1H3. The molecule has 78 valence electrons. The molecule has 2 aromatic rings. The fraction of sp³-hybridized carbons (Fsp3) is 0.182. The molecule has 3 nitrogen and oxygen atoms in total. The van der Waals surface area contributed by atoms with E-state index < -0.39 is 0 Å². The van der Waals surface area contributed by atoms with Crippen LogP contribution in [0.4, 0.5) is 0 Å². The minimum Gasteiger partial charge on any atom is -0.497 e. The number of nitrogens with two attached hydrogens (primary N) is 1. The van der Waals surface area contributed by atoms with Crippen LogP contribution in [-0.4, -0.2) is 12.1 Å². The first-order valence-electron chi connectivity index (χ1n) is 4.62. The summed E-state index contributed by atoms with van der Waals surface area (Å²) in [5, 5.41) is 0.981. The maximum absolute atomic E-state index is 5.54. The second-order valence-electron chi connectivity index (χ2n) is 3.07. The van der Waals surface area contributed by atoms with Crippen LogP contribution in [0.25, 0.3) is 10.6 Å². The van der Waals surface area contributed by atoms with Crippen LogP contribution in [0, 0.1) is 0 Å². The predicted octanol–water partition coefficient (Wildman–Crippen LogP) is 2.28. The van der Waals surface area contributed by atoms with Gasteiger partial charge < -0.3 is 10.5 Å². The number of nitrogens with zero attached hydrogens (tertiary/aromatic N) is 1. The molecule has 0 saturated carbocycles. The van der Waals surface area contributed by atoms with Crippen LogP contribution in [0.5, 0.6) is 5.75 Å². The van der Waals surface area contributed by atoms with Crippen LogP contribution in [0.15, 0.2) is 30.5 Å². The van der Waals surface area contributed by atoms with Gasteiger partial charge in [0.25, 0.3) is 0 Å². The van der Waals surface area contributed by atoms with Gasteiger partial charge in [-0.1, -0.05) is 12.1 Å². The van der Waals surface area contributed by atoms with Gasteiger partial charge in [0.1, 0.15) is 10.8 Å². The average molecular weight is 220 g/mol. The molecule has 0 fully saturated rings. The smallest absolute Gasteiger partial charge is 0.123 e. The topological polar surface area (TPSA) is 48.1 Å². The highest BCUT2D eigenvalue weighted by atomic mass is 32.1. The molecule has 2 rings (SSSR count). The van der Waals surface area contributed by atoms with Crippen molar-refractivity contribution < 1.29 is 4.74 Å². The Morgan fingerprint density at radius 1 is 1.47 bits per heavy atom. The van der Waals surface area contributed by atoms with Gasteiger partial charge in [0.2, 0.25) is 0 Å². The van der Waals surface area contributed by atoms with Crippen LogP contribution in [0.2, 0.25) is 0 Å². The molecule has 2 N–H and O–H groups in total. The molecule has 0 amide bonds. The Morgan fingerprint density at radius 2 is 2.33 bits per heavy atom. The maximum Gasteiger partial charge on any atom is 0.123 e. The molecule has 0 saturated heterocycles. The summed E-state index contributed by atoms with van der Waals surface area (Å²) in [5.74, 6) is 0.844. The van der Waals surface area contributed by atoms with E-state index in [1.165, 1.54) is 0 Å². The number of benzene rings is 1. The van der Waals surface area contributed by atoms with Gasteiger partial charge in [0.15, 0.2) is 0 Å². The first-order valence-corrected chi connectivity index (χ1v) is 5.44. The Morgan fingerprint density at radius 3 is 3.00 bits per heavy atom. The van der Waals surface area contributed by atoms with E-state index >= 15 is 0 Å². The van der Waals surface area contributed by atoms with Crippen LogP contribution in [0.1, 0.15) is 4.88 Å². The highest BCUT2D eigenvalue weighted by Crippen LogP contribution is 2.27. The van der Waals surface area contributed by atoms with Crippen molar-refractivity contribution in [3.05, 3.63) is 35.3 Å². The minimum absolute atomic E-state index is 0.543. The second-order valence-corrected chi connectivity index (χ2v) is 4.18. The number of aromatic nitrogens is 1. The number of methoxy groups -OCH3 is 1.